The third-order valence-electron chi connectivity index (χ3n) is 2.07. The van der Waals surface area contributed by atoms with E-state index in [1.807, 2.05) is 11.8 Å². The molecule has 0 saturated carbocycles. The monoisotopic (exact) mass is 228 g/mol. The van der Waals surface area contributed by atoms with Gasteiger partial charge in [0.1, 0.15) is 0 Å². The summed E-state index contributed by atoms with van der Waals surface area (Å²) in [4.78, 5) is 0. The van der Waals surface area contributed by atoms with Gasteiger partial charge in [0.25, 0.3) is 0 Å². The normalized spacial score (nSPS) is 10.4. The SMILES string of the molecule is ClCCSCCCCc1ccccc1. The Morgan fingerprint density at radius 2 is 1.79 bits per heavy atom. The fourth-order valence-electron chi connectivity index (χ4n) is 1.33. The van der Waals surface area contributed by atoms with Gasteiger partial charge >= 0.3 is 0 Å². The summed E-state index contributed by atoms with van der Waals surface area (Å²) in [5.74, 6) is 3.12. The summed E-state index contributed by atoms with van der Waals surface area (Å²) in [5.41, 5.74) is 1.45. The van der Waals surface area contributed by atoms with Crippen molar-refractivity contribution in [3.63, 3.8) is 0 Å². The van der Waals surface area contributed by atoms with Crippen molar-refractivity contribution in [1.82, 2.24) is 0 Å². The molecule has 1 aromatic carbocycles. The van der Waals surface area contributed by atoms with Gasteiger partial charge in [0.2, 0.25) is 0 Å². The number of halogens is 1. The van der Waals surface area contributed by atoms with E-state index < -0.39 is 0 Å². The number of hydrogen-bond acceptors (Lipinski definition) is 1. The second kappa shape index (κ2) is 8.19. The van der Waals surface area contributed by atoms with Crippen LogP contribution in [0.2, 0.25) is 0 Å². The first kappa shape index (κ1) is 11.9. The molecule has 0 aliphatic carbocycles. The Hall–Kier alpha value is -0.140. The number of alkyl halides is 1. The van der Waals surface area contributed by atoms with Crippen molar-refractivity contribution in [3.8, 4) is 0 Å². The summed E-state index contributed by atoms with van der Waals surface area (Å²) in [6.45, 7) is 0. The summed E-state index contributed by atoms with van der Waals surface area (Å²) < 4.78 is 0. The second-order valence-corrected chi connectivity index (χ2v) is 4.85. The largest absolute Gasteiger partial charge is 0.161 e. The molecule has 0 fully saturated rings. The zero-order valence-corrected chi connectivity index (χ0v) is 9.99. The molecule has 0 heterocycles. The van der Waals surface area contributed by atoms with Gasteiger partial charge in [0.15, 0.2) is 0 Å². The zero-order chi connectivity index (χ0) is 10.1. The highest BCUT2D eigenvalue weighted by Gasteiger charge is 1.92. The van der Waals surface area contributed by atoms with Crippen molar-refractivity contribution >= 4 is 23.4 Å². The van der Waals surface area contributed by atoms with E-state index in [-0.39, 0.29) is 0 Å². The molecule has 2 heteroatoms. The topological polar surface area (TPSA) is 0 Å². The van der Waals surface area contributed by atoms with Crippen LogP contribution in [0.4, 0.5) is 0 Å². The molecule has 0 aliphatic heterocycles. The van der Waals surface area contributed by atoms with Crippen LogP contribution in [0.1, 0.15) is 18.4 Å². The third kappa shape index (κ3) is 5.56. The molecule has 0 unspecified atom stereocenters. The van der Waals surface area contributed by atoms with Gasteiger partial charge in [-0.15, -0.1) is 11.6 Å². The second-order valence-electron chi connectivity index (χ2n) is 3.24. The van der Waals surface area contributed by atoms with E-state index in [1.54, 1.807) is 0 Å². The van der Waals surface area contributed by atoms with Gasteiger partial charge in [0, 0.05) is 11.6 Å². The maximum absolute atomic E-state index is 5.59. The Kier molecular flexibility index (Phi) is 6.98. The average molecular weight is 229 g/mol. The molecule has 78 valence electrons. The molecule has 0 radical (unpaired) electrons. The average Bonchev–Trinajstić information content (AvgIpc) is 2.25. The molecule has 1 rings (SSSR count). The maximum atomic E-state index is 5.59. The van der Waals surface area contributed by atoms with Crippen LogP contribution in [0.25, 0.3) is 0 Å². The van der Waals surface area contributed by atoms with Gasteiger partial charge in [-0.3, -0.25) is 0 Å². The third-order valence-corrected chi connectivity index (χ3v) is 3.55. The Morgan fingerprint density at radius 3 is 2.50 bits per heavy atom. The Bertz CT molecular complexity index is 223. The Labute approximate surface area is 96.0 Å². The number of aryl methyl sites for hydroxylation is 1. The van der Waals surface area contributed by atoms with Crippen LogP contribution in [0, 0.1) is 0 Å². The van der Waals surface area contributed by atoms with Crippen molar-refractivity contribution < 1.29 is 0 Å². The van der Waals surface area contributed by atoms with E-state index in [4.69, 9.17) is 11.6 Å². The van der Waals surface area contributed by atoms with E-state index in [0.29, 0.717) is 0 Å². The van der Waals surface area contributed by atoms with Crippen LogP contribution in [-0.2, 0) is 6.42 Å². The van der Waals surface area contributed by atoms with Crippen LogP contribution >= 0.6 is 23.4 Å². The van der Waals surface area contributed by atoms with Crippen molar-refractivity contribution in [2.24, 2.45) is 0 Å². The molecule has 0 nitrogen and oxygen atoms in total. The molecule has 0 aliphatic rings. The van der Waals surface area contributed by atoms with Crippen molar-refractivity contribution in [2.75, 3.05) is 17.4 Å². The lowest BCUT2D eigenvalue weighted by Gasteiger charge is -2.01. The van der Waals surface area contributed by atoms with Crippen LogP contribution < -0.4 is 0 Å². The lowest BCUT2D eigenvalue weighted by Crippen LogP contribution is -1.88. The lowest BCUT2D eigenvalue weighted by molar-refractivity contribution is 0.802. The predicted molar refractivity (Wildman–Crippen MR) is 67.4 cm³/mol. The van der Waals surface area contributed by atoms with E-state index >= 15 is 0 Å². The van der Waals surface area contributed by atoms with E-state index in [1.165, 1.54) is 30.6 Å². The molecule has 0 saturated heterocycles. The first-order chi connectivity index (χ1) is 6.93. The van der Waals surface area contributed by atoms with Gasteiger partial charge in [-0.2, -0.15) is 11.8 Å². The Balaban J connectivity index is 1.99. The Morgan fingerprint density at radius 1 is 1.00 bits per heavy atom. The summed E-state index contributed by atoms with van der Waals surface area (Å²) in [6.07, 6.45) is 3.80. The van der Waals surface area contributed by atoms with Crippen molar-refractivity contribution in [3.05, 3.63) is 35.9 Å². The molecule has 1 aromatic rings. The number of thioether (sulfide) groups is 1. The highest BCUT2D eigenvalue weighted by Crippen LogP contribution is 2.08. The standard InChI is InChI=1S/C12H17ClS/c13-9-11-14-10-5-4-8-12-6-2-1-3-7-12/h1-3,6-7H,4-5,8-11H2. The van der Waals surface area contributed by atoms with E-state index in [2.05, 4.69) is 30.3 Å². The minimum absolute atomic E-state index is 0.781. The number of hydrogen-bond donors (Lipinski definition) is 0. The molecular formula is C12H17ClS. The lowest BCUT2D eigenvalue weighted by atomic mass is 10.1. The summed E-state index contributed by atoms with van der Waals surface area (Å²) in [5, 5.41) is 0. The van der Waals surface area contributed by atoms with Crippen LogP contribution in [0.5, 0.6) is 0 Å². The maximum Gasteiger partial charge on any atom is 0.0314 e. The summed E-state index contributed by atoms with van der Waals surface area (Å²) in [7, 11) is 0. The predicted octanol–water partition coefficient (Wildman–Crippen LogP) is 3.98. The van der Waals surface area contributed by atoms with Gasteiger partial charge < -0.3 is 0 Å². The summed E-state index contributed by atoms with van der Waals surface area (Å²) in [6, 6.07) is 10.7. The number of rotatable bonds is 7. The summed E-state index contributed by atoms with van der Waals surface area (Å²) >= 11 is 7.55. The zero-order valence-electron chi connectivity index (χ0n) is 8.42. The van der Waals surface area contributed by atoms with Crippen LogP contribution in [0.15, 0.2) is 30.3 Å². The molecule has 0 aromatic heterocycles. The highest BCUT2D eigenvalue weighted by molar-refractivity contribution is 7.99. The van der Waals surface area contributed by atoms with Gasteiger partial charge in [0.05, 0.1) is 0 Å². The fraction of sp³-hybridized carbons (Fsp3) is 0.500. The first-order valence-electron chi connectivity index (χ1n) is 5.11. The fourth-order valence-corrected chi connectivity index (χ4v) is 2.38. The number of unbranched alkanes of at least 4 members (excludes halogenated alkanes) is 1. The molecular weight excluding hydrogens is 212 g/mol. The van der Waals surface area contributed by atoms with Gasteiger partial charge in [-0.25, -0.2) is 0 Å². The molecule has 0 bridgehead atoms. The van der Waals surface area contributed by atoms with E-state index in [0.717, 1.165) is 11.6 Å². The van der Waals surface area contributed by atoms with Crippen LogP contribution in [0.3, 0.4) is 0 Å². The molecule has 0 atom stereocenters. The number of benzene rings is 1. The van der Waals surface area contributed by atoms with Gasteiger partial charge in [-0.1, -0.05) is 30.3 Å². The van der Waals surface area contributed by atoms with Crippen molar-refractivity contribution in [2.45, 2.75) is 19.3 Å². The van der Waals surface area contributed by atoms with E-state index in [9.17, 15) is 0 Å². The quantitative estimate of drug-likeness (QED) is 0.503. The minimum atomic E-state index is 0.781. The van der Waals surface area contributed by atoms with Crippen LogP contribution in [-0.4, -0.2) is 17.4 Å². The molecule has 0 N–H and O–H groups in total. The van der Waals surface area contributed by atoms with Crippen molar-refractivity contribution in [1.29, 1.82) is 0 Å². The first-order valence-corrected chi connectivity index (χ1v) is 6.80. The van der Waals surface area contributed by atoms with Gasteiger partial charge in [-0.05, 0) is 30.6 Å². The minimum Gasteiger partial charge on any atom is -0.161 e. The molecule has 14 heavy (non-hydrogen) atoms. The highest BCUT2D eigenvalue weighted by atomic mass is 35.5. The molecule has 0 spiro atoms. The molecule has 0 amide bonds. The smallest absolute Gasteiger partial charge is 0.0314 e.